The summed E-state index contributed by atoms with van der Waals surface area (Å²) >= 11 is 0. The average Bonchev–Trinajstić information content (AvgIpc) is 0. The van der Waals surface area contributed by atoms with Crippen LogP contribution in [0.25, 0.3) is 0 Å². The van der Waals surface area contributed by atoms with Crippen molar-refractivity contribution < 1.29 is 33.8 Å². The van der Waals surface area contributed by atoms with E-state index in [0.29, 0.717) is 0 Å². The minimum atomic E-state index is 0. The van der Waals surface area contributed by atoms with Crippen LogP contribution in [-0.2, 0) is 33.8 Å². The second-order valence-corrected chi connectivity index (χ2v) is 0. The molecule has 0 bridgehead atoms. The molecule has 0 rings (SSSR count). The standard InChI is InChI=1S/Co.Mn.2H3P.Sb/h;;2*1H3;. The van der Waals surface area contributed by atoms with Crippen LogP contribution >= 0.6 is 19.8 Å². The SMILES string of the molecule is P.P.[Co].[Mn].[Sb]. The predicted octanol–water partition coefficient (Wildman–Crippen LogP) is -0.270. The van der Waals surface area contributed by atoms with Gasteiger partial charge in [0.25, 0.3) is 0 Å². The first-order valence-electron chi connectivity index (χ1n) is 0. The summed E-state index contributed by atoms with van der Waals surface area (Å²) in [5.74, 6) is 0. The zero-order valence-electron chi connectivity index (χ0n) is 2.57. The summed E-state index contributed by atoms with van der Waals surface area (Å²) in [5.41, 5.74) is 0. The third kappa shape index (κ3) is 20.3. The summed E-state index contributed by atoms with van der Waals surface area (Å²) in [7, 11) is 0. The molecule has 0 aromatic heterocycles. The maximum Gasteiger partial charge on any atom is 0 e. The third-order valence-corrected chi connectivity index (χ3v) is 0. The fourth-order valence-electron chi connectivity index (χ4n) is 0. The van der Waals surface area contributed by atoms with Crippen LogP contribution in [0.4, 0.5) is 0 Å². The average molecular weight is 304 g/mol. The Morgan fingerprint density at radius 2 is 0.800 bits per heavy atom. The van der Waals surface area contributed by atoms with Crippen molar-refractivity contribution in [1.29, 1.82) is 0 Å². The number of hydrogen-bond donors (Lipinski definition) is 0. The molecule has 0 saturated carbocycles. The van der Waals surface area contributed by atoms with Crippen LogP contribution in [0.5, 0.6) is 0 Å². The molecule has 0 aromatic rings. The number of hydrogen-bond acceptors (Lipinski definition) is 0. The van der Waals surface area contributed by atoms with Crippen molar-refractivity contribution in [3.8, 4) is 0 Å². The molecule has 0 aliphatic heterocycles. The monoisotopic (exact) mass is 303 g/mol. The van der Waals surface area contributed by atoms with Crippen molar-refractivity contribution in [2.75, 3.05) is 0 Å². The Labute approximate surface area is 77.4 Å². The minimum Gasteiger partial charge on any atom is -0.153 e. The molecule has 2 unspecified atom stereocenters. The van der Waals surface area contributed by atoms with Crippen molar-refractivity contribution in [3.63, 3.8) is 0 Å². The smallest absolute Gasteiger partial charge is 0 e. The molecule has 5 heavy (non-hydrogen) atoms. The van der Waals surface area contributed by atoms with E-state index in [2.05, 4.69) is 0 Å². The van der Waals surface area contributed by atoms with Crippen LogP contribution in [-0.4, -0.2) is 24.4 Å². The molecule has 0 aromatic carbocycles. The van der Waals surface area contributed by atoms with Crippen LogP contribution in [0, 0.1) is 0 Å². The maximum absolute atomic E-state index is 0. The Balaban J connectivity index is 0. The molecular formula is H6CoMnP2Sb. The number of rotatable bonds is 0. The van der Waals surface area contributed by atoms with E-state index in [0.717, 1.165) is 0 Å². The van der Waals surface area contributed by atoms with E-state index in [9.17, 15) is 0 Å². The van der Waals surface area contributed by atoms with Gasteiger partial charge in [0.2, 0.25) is 0 Å². The quantitative estimate of drug-likeness (QED) is 0.427. The van der Waals surface area contributed by atoms with Crippen LogP contribution < -0.4 is 0 Å². The molecule has 37 valence electrons. The van der Waals surface area contributed by atoms with Gasteiger partial charge in [-0.15, -0.1) is 0 Å². The van der Waals surface area contributed by atoms with E-state index in [4.69, 9.17) is 0 Å². The molecule has 0 spiro atoms. The first-order chi connectivity index (χ1) is 0. The Bertz CT molecular complexity index is 9.61. The van der Waals surface area contributed by atoms with Gasteiger partial charge in [-0.05, 0) is 0 Å². The fraction of sp³-hybridized carbons (Fsp3) is 0. The Morgan fingerprint density at radius 1 is 0.800 bits per heavy atom. The summed E-state index contributed by atoms with van der Waals surface area (Å²) in [6, 6.07) is 0. The van der Waals surface area contributed by atoms with Crippen LogP contribution in [0.1, 0.15) is 0 Å². The molecule has 0 fully saturated rings. The van der Waals surface area contributed by atoms with Gasteiger partial charge >= 0.3 is 0 Å². The van der Waals surface area contributed by atoms with Gasteiger partial charge in [0.15, 0.2) is 0 Å². The molecule has 5 radical (unpaired) electrons. The van der Waals surface area contributed by atoms with Crippen molar-refractivity contribution >= 4 is 44.2 Å². The van der Waals surface area contributed by atoms with E-state index in [1.807, 2.05) is 0 Å². The van der Waals surface area contributed by atoms with Gasteiger partial charge in [-0.1, -0.05) is 0 Å². The van der Waals surface area contributed by atoms with E-state index in [1.165, 1.54) is 0 Å². The van der Waals surface area contributed by atoms with Gasteiger partial charge < -0.3 is 0 Å². The van der Waals surface area contributed by atoms with Crippen LogP contribution in [0.15, 0.2) is 0 Å². The summed E-state index contributed by atoms with van der Waals surface area (Å²) in [4.78, 5) is 0. The first-order valence-corrected chi connectivity index (χ1v) is 0. The van der Waals surface area contributed by atoms with Gasteiger partial charge in [0.05, 0.1) is 0 Å². The maximum atomic E-state index is 0. The molecule has 0 amide bonds. The molecular weight excluding hydrogens is 298 g/mol. The predicted molar refractivity (Wildman–Crippen MR) is 28.0 cm³/mol. The summed E-state index contributed by atoms with van der Waals surface area (Å²) in [6.45, 7) is 0. The Hall–Kier alpha value is 2.70. The second-order valence-electron chi connectivity index (χ2n) is 0. The third-order valence-electron chi connectivity index (χ3n) is 0. The fourth-order valence-corrected chi connectivity index (χ4v) is 0. The van der Waals surface area contributed by atoms with Crippen molar-refractivity contribution in [1.82, 2.24) is 0 Å². The summed E-state index contributed by atoms with van der Waals surface area (Å²) in [5, 5.41) is 0. The van der Waals surface area contributed by atoms with Gasteiger partial charge in [0, 0.05) is 58.3 Å². The molecule has 0 N–H and O–H groups in total. The normalized spacial score (nSPS) is 0. The Kier molecular flexibility index (Phi) is 283. The molecule has 2 atom stereocenters. The van der Waals surface area contributed by atoms with E-state index in [1.54, 1.807) is 0 Å². The zero-order chi connectivity index (χ0) is 0. The second kappa shape index (κ2) is 29.8. The summed E-state index contributed by atoms with van der Waals surface area (Å²) < 4.78 is 0. The largest absolute Gasteiger partial charge is 0.153 e. The van der Waals surface area contributed by atoms with E-state index < -0.39 is 0 Å². The molecule has 0 aliphatic carbocycles. The van der Waals surface area contributed by atoms with Crippen molar-refractivity contribution in [2.45, 2.75) is 0 Å². The zero-order valence-corrected chi connectivity index (χ0v) is 10.2. The van der Waals surface area contributed by atoms with E-state index >= 15 is 0 Å². The van der Waals surface area contributed by atoms with Gasteiger partial charge in [0.1, 0.15) is 0 Å². The Morgan fingerprint density at radius 3 is 0.800 bits per heavy atom. The summed E-state index contributed by atoms with van der Waals surface area (Å²) in [6.07, 6.45) is 0. The molecule has 5 heteroatoms. The molecule has 0 saturated heterocycles. The van der Waals surface area contributed by atoms with Crippen LogP contribution in [0.3, 0.4) is 0 Å². The van der Waals surface area contributed by atoms with E-state index in [-0.39, 0.29) is 78.1 Å². The van der Waals surface area contributed by atoms with Gasteiger partial charge in [-0.2, -0.15) is 19.8 Å². The molecule has 0 aliphatic rings. The molecule has 0 nitrogen and oxygen atoms in total. The van der Waals surface area contributed by atoms with Gasteiger partial charge in [-0.25, -0.2) is 0 Å². The van der Waals surface area contributed by atoms with Crippen molar-refractivity contribution in [2.24, 2.45) is 0 Å². The topological polar surface area (TPSA) is 0 Å². The minimum absolute atomic E-state index is 0. The first kappa shape index (κ1) is 47.4. The van der Waals surface area contributed by atoms with Crippen molar-refractivity contribution in [3.05, 3.63) is 0 Å². The van der Waals surface area contributed by atoms with Gasteiger partial charge in [-0.3, -0.25) is 0 Å². The van der Waals surface area contributed by atoms with Crippen LogP contribution in [0.2, 0.25) is 0 Å². The molecule has 0 heterocycles.